The van der Waals surface area contributed by atoms with Crippen LogP contribution in [0.4, 0.5) is 10.1 Å². The zero-order valence-corrected chi connectivity index (χ0v) is 25.5. The normalized spacial score (nSPS) is 11.8. The summed E-state index contributed by atoms with van der Waals surface area (Å²) < 4.78 is 47.9. The topological polar surface area (TPSA) is 118 Å². The molecule has 0 atom stereocenters. The lowest BCUT2D eigenvalue weighted by Crippen LogP contribution is -2.40. The van der Waals surface area contributed by atoms with Crippen molar-refractivity contribution >= 4 is 38.5 Å². The summed E-state index contributed by atoms with van der Waals surface area (Å²) in [5.41, 5.74) is 2.75. The minimum Gasteiger partial charge on any atom is -0.455 e. The first-order valence-corrected chi connectivity index (χ1v) is 15.6. The van der Waals surface area contributed by atoms with Crippen molar-refractivity contribution in [3.8, 4) is 22.5 Å². The Hall–Kier alpha value is -4.96. The minimum atomic E-state index is -3.73. The Morgan fingerprint density at radius 2 is 1.57 bits per heavy atom. The molecule has 0 aliphatic rings. The van der Waals surface area contributed by atoms with Gasteiger partial charge in [0.25, 0.3) is 11.8 Å². The molecular formula is C34H32FN3O5S. The highest BCUT2D eigenvalue weighted by molar-refractivity contribution is 7.92. The molecule has 3 N–H and O–H groups in total. The van der Waals surface area contributed by atoms with E-state index in [0.29, 0.717) is 27.6 Å². The predicted octanol–water partition coefficient (Wildman–Crippen LogP) is 6.69. The van der Waals surface area contributed by atoms with E-state index in [-0.39, 0.29) is 34.3 Å². The summed E-state index contributed by atoms with van der Waals surface area (Å²) >= 11 is 0. The largest absolute Gasteiger partial charge is 0.455 e. The minimum absolute atomic E-state index is 0.177. The molecule has 0 spiro atoms. The van der Waals surface area contributed by atoms with Crippen LogP contribution in [0.5, 0.6) is 0 Å². The van der Waals surface area contributed by atoms with Crippen molar-refractivity contribution in [1.82, 2.24) is 10.6 Å². The van der Waals surface area contributed by atoms with Crippen molar-refractivity contribution in [2.24, 2.45) is 0 Å². The summed E-state index contributed by atoms with van der Waals surface area (Å²) in [6, 6.07) is 25.1. The molecule has 44 heavy (non-hydrogen) atoms. The fourth-order valence-electron chi connectivity index (χ4n) is 4.97. The number of anilines is 1. The van der Waals surface area contributed by atoms with Gasteiger partial charge in [0, 0.05) is 35.2 Å². The van der Waals surface area contributed by atoms with E-state index in [9.17, 15) is 22.4 Å². The summed E-state index contributed by atoms with van der Waals surface area (Å²) in [5, 5.41) is 6.11. The smallest absolute Gasteiger partial charge is 0.255 e. The molecule has 0 saturated heterocycles. The molecule has 1 aromatic heterocycles. The van der Waals surface area contributed by atoms with E-state index < -0.39 is 27.3 Å². The Bertz CT molecular complexity index is 1970. The number of halogens is 1. The van der Waals surface area contributed by atoms with E-state index in [0.717, 1.165) is 5.56 Å². The third-order valence-corrected chi connectivity index (χ3v) is 8.68. The molecule has 226 valence electrons. The molecule has 5 rings (SSSR count). The van der Waals surface area contributed by atoms with Gasteiger partial charge in [0.15, 0.2) is 0 Å². The summed E-state index contributed by atoms with van der Waals surface area (Å²) in [6.45, 7) is 5.34. The van der Waals surface area contributed by atoms with E-state index in [4.69, 9.17) is 4.42 Å². The highest BCUT2D eigenvalue weighted by Crippen LogP contribution is 2.40. The molecule has 2 amide bonds. The number of carbonyl (C=O) groups is 2. The zero-order chi connectivity index (χ0) is 31.6. The predicted molar refractivity (Wildman–Crippen MR) is 170 cm³/mol. The monoisotopic (exact) mass is 613 g/mol. The molecule has 0 bridgehead atoms. The van der Waals surface area contributed by atoms with Crippen molar-refractivity contribution in [3.05, 3.63) is 114 Å². The molecule has 0 radical (unpaired) electrons. The van der Waals surface area contributed by atoms with Gasteiger partial charge >= 0.3 is 0 Å². The molecular weight excluding hydrogens is 581 g/mol. The SMILES string of the molecule is CCS(=O)(=O)Nc1cc2oc(-c3ccc(F)cc3)c(C(=O)NC)c2cc1-c1cccc(C(=O)NC(C)(C)c2ccccc2)c1. The van der Waals surface area contributed by atoms with Crippen molar-refractivity contribution in [2.45, 2.75) is 26.3 Å². The second-order valence-electron chi connectivity index (χ2n) is 10.8. The number of sulfonamides is 1. The lowest BCUT2D eigenvalue weighted by molar-refractivity contribution is 0.0910. The number of rotatable bonds is 9. The first-order valence-electron chi connectivity index (χ1n) is 14.0. The average molecular weight is 614 g/mol. The van der Waals surface area contributed by atoms with Gasteiger partial charge in [0.05, 0.1) is 22.5 Å². The first kappa shape index (κ1) is 30.5. The summed E-state index contributed by atoms with van der Waals surface area (Å²) in [4.78, 5) is 26.6. The van der Waals surface area contributed by atoms with Gasteiger partial charge < -0.3 is 15.1 Å². The standard InChI is InChI=1S/C34H32FN3O5S/c1-5-44(41,42)38-28-20-29-27(30(33(40)36-4)31(43-29)21-14-16-25(35)17-15-21)19-26(28)22-10-9-11-23(18-22)32(39)37-34(2,3)24-12-7-6-8-13-24/h6-20,38H,5H2,1-4H3,(H,36,40)(H,37,39). The average Bonchev–Trinajstić information content (AvgIpc) is 3.39. The van der Waals surface area contributed by atoms with Gasteiger partial charge in [-0.2, -0.15) is 0 Å². The van der Waals surface area contributed by atoms with E-state index in [1.54, 1.807) is 30.3 Å². The van der Waals surface area contributed by atoms with Gasteiger partial charge in [-0.1, -0.05) is 42.5 Å². The van der Waals surface area contributed by atoms with E-state index in [1.807, 2.05) is 44.2 Å². The highest BCUT2D eigenvalue weighted by Gasteiger charge is 2.26. The molecule has 0 aliphatic heterocycles. The van der Waals surface area contributed by atoms with Crippen LogP contribution in [0.15, 0.2) is 95.4 Å². The van der Waals surface area contributed by atoms with Crippen LogP contribution in [-0.2, 0) is 15.6 Å². The number of fused-ring (bicyclic) bond motifs is 1. The Labute approximate surface area is 255 Å². The second kappa shape index (κ2) is 12.0. The Morgan fingerprint density at radius 1 is 0.864 bits per heavy atom. The number of nitrogens with one attached hydrogen (secondary N) is 3. The molecule has 5 aromatic rings. The summed E-state index contributed by atoms with van der Waals surface area (Å²) in [5.74, 6) is -1.17. The maximum atomic E-state index is 13.7. The number of furan rings is 1. The third kappa shape index (κ3) is 6.21. The number of amides is 2. The van der Waals surface area contributed by atoms with Crippen LogP contribution >= 0.6 is 0 Å². The molecule has 4 aromatic carbocycles. The van der Waals surface area contributed by atoms with Gasteiger partial charge in [0.2, 0.25) is 10.0 Å². The highest BCUT2D eigenvalue weighted by atomic mass is 32.2. The number of hydrogen-bond acceptors (Lipinski definition) is 5. The van der Waals surface area contributed by atoms with Crippen molar-refractivity contribution < 1.29 is 26.8 Å². The van der Waals surface area contributed by atoms with Crippen LogP contribution in [0, 0.1) is 5.82 Å². The molecule has 0 saturated carbocycles. The molecule has 0 aliphatic carbocycles. The fourth-order valence-corrected chi connectivity index (χ4v) is 5.62. The number of carbonyl (C=O) groups excluding carboxylic acids is 2. The molecule has 1 heterocycles. The number of benzene rings is 4. The van der Waals surface area contributed by atoms with Crippen molar-refractivity contribution in [3.63, 3.8) is 0 Å². The molecule has 10 heteroatoms. The van der Waals surface area contributed by atoms with Gasteiger partial charge in [-0.05, 0) is 74.4 Å². The molecule has 8 nitrogen and oxygen atoms in total. The van der Waals surface area contributed by atoms with E-state index in [1.165, 1.54) is 44.3 Å². The fraction of sp³-hybridized carbons (Fsp3) is 0.176. The van der Waals surface area contributed by atoms with Gasteiger partial charge in [-0.15, -0.1) is 0 Å². The molecule has 0 unspecified atom stereocenters. The summed E-state index contributed by atoms with van der Waals surface area (Å²) in [6.07, 6.45) is 0. The summed E-state index contributed by atoms with van der Waals surface area (Å²) in [7, 11) is -2.24. The Kier molecular flexibility index (Phi) is 8.29. The zero-order valence-electron chi connectivity index (χ0n) is 24.7. The van der Waals surface area contributed by atoms with Gasteiger partial charge in [0.1, 0.15) is 17.2 Å². The number of hydrogen-bond donors (Lipinski definition) is 3. The van der Waals surface area contributed by atoms with Crippen LogP contribution in [0.1, 0.15) is 47.1 Å². The third-order valence-electron chi connectivity index (χ3n) is 7.39. The van der Waals surface area contributed by atoms with E-state index >= 15 is 0 Å². The van der Waals surface area contributed by atoms with Crippen LogP contribution in [0.3, 0.4) is 0 Å². The van der Waals surface area contributed by atoms with Crippen molar-refractivity contribution in [2.75, 3.05) is 17.5 Å². The van der Waals surface area contributed by atoms with Crippen LogP contribution in [0.2, 0.25) is 0 Å². The van der Waals surface area contributed by atoms with Crippen molar-refractivity contribution in [1.29, 1.82) is 0 Å². The van der Waals surface area contributed by atoms with Crippen LogP contribution < -0.4 is 15.4 Å². The maximum absolute atomic E-state index is 13.7. The van der Waals surface area contributed by atoms with E-state index in [2.05, 4.69) is 15.4 Å². The lowest BCUT2D eigenvalue weighted by Gasteiger charge is -2.27. The second-order valence-corrected chi connectivity index (χ2v) is 12.8. The Morgan fingerprint density at radius 3 is 2.23 bits per heavy atom. The first-order chi connectivity index (χ1) is 20.9. The maximum Gasteiger partial charge on any atom is 0.255 e. The van der Waals surface area contributed by atoms with Crippen LogP contribution in [0.25, 0.3) is 33.4 Å². The quantitative estimate of drug-likeness (QED) is 0.171. The molecule has 0 fully saturated rings. The van der Waals surface area contributed by atoms with Crippen LogP contribution in [-0.4, -0.2) is 33.0 Å². The van der Waals surface area contributed by atoms with Gasteiger partial charge in [-0.25, -0.2) is 12.8 Å². The van der Waals surface area contributed by atoms with Gasteiger partial charge in [-0.3, -0.25) is 14.3 Å². The lowest BCUT2D eigenvalue weighted by atomic mass is 9.93. The Balaban J connectivity index is 1.66.